The third-order valence-corrected chi connectivity index (χ3v) is 7.61. The normalized spacial score (nSPS) is 14.1. The quantitative estimate of drug-likeness (QED) is 0.0782. The number of hydrogen-bond donors (Lipinski definition) is 2. The summed E-state index contributed by atoms with van der Waals surface area (Å²) < 4.78 is 28.2. The molecule has 0 aromatic carbocycles. The fourth-order valence-electron chi connectivity index (χ4n) is 4.07. The number of quaternary nitrogens is 1. The van der Waals surface area contributed by atoms with Gasteiger partial charge < -0.3 is 24.2 Å². The molecule has 0 aliphatic rings. The zero-order valence-corrected chi connectivity index (χ0v) is 24.0. The van der Waals surface area contributed by atoms with E-state index in [0.29, 0.717) is 13.0 Å². The summed E-state index contributed by atoms with van der Waals surface area (Å²) in [7, 11) is -1.70. The Labute approximate surface area is 216 Å². The molecule has 210 valence electrons. The van der Waals surface area contributed by atoms with Crippen LogP contribution in [0.2, 0.25) is 0 Å². The van der Waals surface area contributed by atoms with Crippen LogP contribution in [0.4, 0.5) is 0 Å². The summed E-state index contributed by atoms with van der Waals surface area (Å²) in [5.74, 6) is -0.444. The Morgan fingerprint density at radius 1 is 0.800 bits per heavy atom. The van der Waals surface area contributed by atoms with Crippen molar-refractivity contribution in [2.45, 2.75) is 129 Å². The molecule has 8 heteroatoms. The van der Waals surface area contributed by atoms with Crippen molar-refractivity contribution in [3.63, 3.8) is 0 Å². The van der Waals surface area contributed by atoms with Crippen LogP contribution in [0.1, 0.15) is 123 Å². The first kappa shape index (κ1) is 34.5. The van der Waals surface area contributed by atoms with Crippen molar-refractivity contribution in [3.05, 3.63) is 0 Å². The van der Waals surface area contributed by atoms with Gasteiger partial charge in [0, 0.05) is 13.5 Å². The van der Waals surface area contributed by atoms with E-state index in [-0.39, 0.29) is 19.4 Å². The highest BCUT2D eigenvalue weighted by Crippen LogP contribution is 2.42. The summed E-state index contributed by atoms with van der Waals surface area (Å²) in [6, 6.07) is 0. The van der Waals surface area contributed by atoms with Crippen molar-refractivity contribution < 1.29 is 33.6 Å². The molecule has 2 atom stereocenters. The summed E-state index contributed by atoms with van der Waals surface area (Å²) in [6.07, 6.45) is 20.8. The van der Waals surface area contributed by atoms with Gasteiger partial charge >= 0.3 is 13.6 Å². The molecule has 0 spiro atoms. The molecule has 0 saturated carbocycles. The predicted octanol–water partition coefficient (Wildman–Crippen LogP) is 5.98. The Morgan fingerprint density at radius 2 is 1.31 bits per heavy atom. The lowest BCUT2D eigenvalue weighted by atomic mass is 10.0. The average molecular weight is 523 g/mol. The summed E-state index contributed by atoms with van der Waals surface area (Å²) in [6.45, 7) is 5.17. The lowest BCUT2D eigenvalue weighted by molar-refractivity contribution is -0.627. The van der Waals surface area contributed by atoms with E-state index in [0.717, 1.165) is 25.8 Å². The standard InChI is InChI=1S/C27H56NO6P/c1-4-5-6-7-8-9-10-11-12-13-14-15-16-17-19-22-32-24-27(34-26(2)29)25-33-35(30,31)23-20-18-21-28-3/h27-28H,4-25H2,1-3H3,(H,30,31)/p+1. The van der Waals surface area contributed by atoms with Crippen molar-refractivity contribution in [1.29, 1.82) is 0 Å². The molecule has 0 radical (unpaired) electrons. The molecule has 0 fully saturated rings. The number of esters is 1. The van der Waals surface area contributed by atoms with Crippen molar-refractivity contribution >= 4 is 13.6 Å². The Balaban J connectivity index is 3.67. The second kappa shape index (κ2) is 25.2. The maximum Gasteiger partial charge on any atom is 0.328 e. The predicted molar refractivity (Wildman–Crippen MR) is 144 cm³/mol. The number of nitrogens with two attached hydrogens (primary N) is 1. The molecular weight excluding hydrogens is 465 g/mol. The van der Waals surface area contributed by atoms with Gasteiger partial charge in [0.1, 0.15) is 6.10 Å². The van der Waals surface area contributed by atoms with Gasteiger partial charge in [-0.2, -0.15) is 0 Å². The van der Waals surface area contributed by atoms with E-state index in [2.05, 4.69) is 6.92 Å². The minimum Gasteiger partial charge on any atom is -0.458 e. The van der Waals surface area contributed by atoms with Crippen molar-refractivity contribution in [2.75, 3.05) is 39.6 Å². The number of hydrogen-bond acceptors (Lipinski definition) is 5. The molecule has 0 aliphatic carbocycles. The minimum absolute atomic E-state index is 0.119. The Hall–Kier alpha value is -0.460. The van der Waals surface area contributed by atoms with Crippen LogP contribution < -0.4 is 5.32 Å². The van der Waals surface area contributed by atoms with E-state index >= 15 is 0 Å². The summed E-state index contributed by atoms with van der Waals surface area (Å²) in [4.78, 5) is 21.3. The van der Waals surface area contributed by atoms with Gasteiger partial charge in [-0.15, -0.1) is 0 Å². The van der Waals surface area contributed by atoms with Gasteiger partial charge in [-0.1, -0.05) is 96.8 Å². The van der Waals surface area contributed by atoms with E-state index < -0.39 is 19.7 Å². The van der Waals surface area contributed by atoms with E-state index in [1.54, 1.807) is 0 Å². The third-order valence-electron chi connectivity index (χ3n) is 6.17. The minimum atomic E-state index is -3.67. The molecule has 0 aliphatic heterocycles. The molecular formula is C27H57NO6P+. The van der Waals surface area contributed by atoms with Gasteiger partial charge in [-0.05, 0) is 19.3 Å². The molecule has 35 heavy (non-hydrogen) atoms. The van der Waals surface area contributed by atoms with Crippen molar-refractivity contribution in [1.82, 2.24) is 0 Å². The molecule has 0 heterocycles. The highest BCUT2D eigenvalue weighted by Gasteiger charge is 2.23. The number of rotatable bonds is 27. The summed E-state index contributed by atoms with van der Waals surface area (Å²) >= 11 is 0. The Bertz CT molecular complexity index is 520. The van der Waals surface area contributed by atoms with Crippen LogP contribution in [-0.2, 0) is 23.4 Å². The SMILES string of the molecule is CCCCCCCCCCCCCCCCCOCC(COP(=O)(O)CCCC[NH2+]C)OC(C)=O. The van der Waals surface area contributed by atoms with Gasteiger partial charge in [0.2, 0.25) is 0 Å². The number of carbonyl (C=O) groups is 1. The zero-order valence-electron chi connectivity index (χ0n) is 23.1. The summed E-state index contributed by atoms with van der Waals surface area (Å²) in [5, 5.41) is 2.04. The van der Waals surface area contributed by atoms with Crippen molar-refractivity contribution in [2.24, 2.45) is 0 Å². The Kier molecular flexibility index (Phi) is 24.9. The average Bonchev–Trinajstić information content (AvgIpc) is 2.82. The Morgan fingerprint density at radius 3 is 1.80 bits per heavy atom. The molecule has 0 bridgehead atoms. The maximum absolute atomic E-state index is 12.1. The van der Waals surface area contributed by atoms with Crippen LogP contribution in [0.3, 0.4) is 0 Å². The molecule has 0 saturated heterocycles. The van der Waals surface area contributed by atoms with E-state index in [4.69, 9.17) is 14.0 Å². The van der Waals surface area contributed by atoms with E-state index in [1.165, 1.54) is 90.4 Å². The first-order valence-corrected chi connectivity index (χ1v) is 16.2. The van der Waals surface area contributed by atoms with E-state index in [1.807, 2.05) is 12.4 Å². The molecule has 2 unspecified atom stereocenters. The lowest BCUT2D eigenvalue weighted by Gasteiger charge is -2.19. The number of carbonyl (C=O) groups excluding carboxylic acids is 1. The first-order chi connectivity index (χ1) is 16.9. The molecule has 3 N–H and O–H groups in total. The van der Waals surface area contributed by atoms with Crippen LogP contribution in [-0.4, -0.2) is 56.5 Å². The largest absolute Gasteiger partial charge is 0.458 e. The van der Waals surface area contributed by atoms with Gasteiger partial charge in [-0.25, -0.2) is 0 Å². The highest BCUT2D eigenvalue weighted by atomic mass is 31.2. The highest BCUT2D eigenvalue weighted by molar-refractivity contribution is 7.52. The molecule has 0 rings (SSSR count). The van der Waals surface area contributed by atoms with Gasteiger partial charge in [0.25, 0.3) is 0 Å². The second-order valence-corrected chi connectivity index (χ2v) is 11.8. The third kappa shape index (κ3) is 26.4. The lowest BCUT2D eigenvalue weighted by Crippen LogP contribution is -2.79. The smallest absolute Gasteiger partial charge is 0.328 e. The topological polar surface area (TPSA) is 98.7 Å². The number of unbranched alkanes of at least 4 members (excludes halogenated alkanes) is 15. The van der Waals surface area contributed by atoms with Crippen molar-refractivity contribution in [3.8, 4) is 0 Å². The van der Waals surface area contributed by atoms with Crippen LogP contribution in [0.15, 0.2) is 0 Å². The molecule has 0 aromatic rings. The fourth-order valence-corrected chi connectivity index (χ4v) is 5.22. The second-order valence-electron chi connectivity index (χ2n) is 9.82. The van der Waals surface area contributed by atoms with Gasteiger partial charge in [0.05, 0.1) is 33.0 Å². The maximum atomic E-state index is 12.1. The molecule has 7 nitrogen and oxygen atoms in total. The van der Waals surface area contributed by atoms with Crippen LogP contribution >= 0.6 is 7.60 Å². The van der Waals surface area contributed by atoms with Crippen LogP contribution in [0.25, 0.3) is 0 Å². The zero-order chi connectivity index (χ0) is 26.0. The van der Waals surface area contributed by atoms with Gasteiger partial charge in [0.15, 0.2) is 0 Å². The molecule has 0 amide bonds. The first-order valence-electron chi connectivity index (χ1n) is 14.4. The van der Waals surface area contributed by atoms with E-state index in [9.17, 15) is 14.3 Å². The van der Waals surface area contributed by atoms with Gasteiger partial charge in [-0.3, -0.25) is 9.36 Å². The van der Waals surface area contributed by atoms with Crippen LogP contribution in [0.5, 0.6) is 0 Å². The molecule has 0 aromatic heterocycles. The number of ether oxygens (including phenoxy) is 2. The summed E-state index contributed by atoms with van der Waals surface area (Å²) in [5.41, 5.74) is 0. The van der Waals surface area contributed by atoms with Crippen LogP contribution in [0, 0.1) is 0 Å². The fraction of sp³-hybridized carbons (Fsp3) is 0.963. The monoisotopic (exact) mass is 522 g/mol.